The molecule has 0 aliphatic rings. The topological polar surface area (TPSA) is 67.4 Å². The number of rotatable bonds is 6. The number of hydrogen-bond donors (Lipinski definition) is 2. The van der Waals surface area contributed by atoms with Crippen molar-refractivity contribution in [3.63, 3.8) is 0 Å². The Morgan fingerprint density at radius 2 is 1.52 bits per heavy atom. The third-order valence-electron chi connectivity index (χ3n) is 3.68. The van der Waals surface area contributed by atoms with Crippen molar-refractivity contribution in [1.82, 2.24) is 0 Å². The lowest BCUT2D eigenvalue weighted by Crippen LogP contribution is -2.30. The molecule has 5 heteroatoms. The zero-order valence-electron chi connectivity index (χ0n) is 15.0. The minimum Gasteiger partial charge on any atom is -0.481 e. The smallest absolute Gasteiger partial charge is 0.265 e. The van der Waals surface area contributed by atoms with Gasteiger partial charge in [-0.05, 0) is 48.7 Å². The normalized spacial score (nSPS) is 11.7. The van der Waals surface area contributed by atoms with E-state index in [0.717, 1.165) is 0 Å². The van der Waals surface area contributed by atoms with Gasteiger partial charge in [-0.2, -0.15) is 0 Å². The second kappa shape index (κ2) is 8.33. The second-order valence-electron chi connectivity index (χ2n) is 6.24. The van der Waals surface area contributed by atoms with Crippen molar-refractivity contribution < 1.29 is 14.3 Å². The van der Waals surface area contributed by atoms with Gasteiger partial charge in [-0.3, -0.25) is 9.59 Å². The Balaban J connectivity index is 1.97. The number of ether oxygens (including phenoxy) is 1. The number of carbonyl (C=O) groups excluding carboxylic acids is 2. The fourth-order valence-electron chi connectivity index (χ4n) is 2.31. The van der Waals surface area contributed by atoms with Crippen LogP contribution in [0.15, 0.2) is 48.5 Å². The van der Waals surface area contributed by atoms with Gasteiger partial charge in [-0.15, -0.1) is 0 Å². The summed E-state index contributed by atoms with van der Waals surface area (Å²) in [5.74, 6) is 0.683. The fraction of sp³-hybridized carbons (Fsp3) is 0.300. The monoisotopic (exact) mass is 340 g/mol. The van der Waals surface area contributed by atoms with E-state index in [0.29, 0.717) is 23.0 Å². The SMILES string of the molecule is CC(=O)Nc1cccc(NC(=O)[C@@H](C)Oc2ccc(C(C)C)cc2)c1. The molecule has 0 aromatic heterocycles. The lowest BCUT2D eigenvalue weighted by Gasteiger charge is -2.16. The van der Waals surface area contributed by atoms with E-state index in [4.69, 9.17) is 4.74 Å². The van der Waals surface area contributed by atoms with Crippen LogP contribution < -0.4 is 15.4 Å². The molecule has 2 aromatic rings. The van der Waals surface area contributed by atoms with Crippen LogP contribution in [0.2, 0.25) is 0 Å². The highest BCUT2D eigenvalue weighted by Crippen LogP contribution is 2.20. The maximum atomic E-state index is 12.3. The molecule has 5 nitrogen and oxygen atoms in total. The molecule has 2 amide bonds. The predicted octanol–water partition coefficient (Wildman–Crippen LogP) is 4.17. The highest BCUT2D eigenvalue weighted by Gasteiger charge is 2.15. The Morgan fingerprint density at radius 3 is 2.08 bits per heavy atom. The van der Waals surface area contributed by atoms with Crippen LogP contribution in [0.25, 0.3) is 0 Å². The van der Waals surface area contributed by atoms with Crippen molar-refractivity contribution >= 4 is 23.2 Å². The molecule has 25 heavy (non-hydrogen) atoms. The number of anilines is 2. The van der Waals surface area contributed by atoms with E-state index in [1.165, 1.54) is 12.5 Å². The third kappa shape index (κ3) is 5.64. The molecule has 0 fully saturated rings. The average Bonchev–Trinajstić information content (AvgIpc) is 2.55. The molecule has 0 aliphatic heterocycles. The molecule has 0 aliphatic carbocycles. The molecule has 1 atom stereocenters. The first kappa shape index (κ1) is 18.5. The summed E-state index contributed by atoms with van der Waals surface area (Å²) in [6.45, 7) is 7.39. The summed E-state index contributed by atoms with van der Waals surface area (Å²) < 4.78 is 5.70. The van der Waals surface area contributed by atoms with E-state index in [2.05, 4.69) is 24.5 Å². The van der Waals surface area contributed by atoms with Gasteiger partial charge in [0.1, 0.15) is 5.75 Å². The first-order valence-corrected chi connectivity index (χ1v) is 8.30. The molecule has 0 heterocycles. The maximum Gasteiger partial charge on any atom is 0.265 e. The summed E-state index contributed by atoms with van der Waals surface area (Å²) in [5.41, 5.74) is 2.45. The van der Waals surface area contributed by atoms with Crippen LogP contribution in [0.1, 0.15) is 39.2 Å². The van der Waals surface area contributed by atoms with Gasteiger partial charge in [0, 0.05) is 18.3 Å². The Labute approximate surface area is 148 Å². The van der Waals surface area contributed by atoms with Gasteiger partial charge in [0.2, 0.25) is 5.91 Å². The molecule has 0 saturated carbocycles. The quantitative estimate of drug-likeness (QED) is 0.829. The van der Waals surface area contributed by atoms with Crippen LogP contribution in [0.3, 0.4) is 0 Å². The summed E-state index contributed by atoms with van der Waals surface area (Å²) in [5, 5.41) is 5.47. The molecular formula is C20H24N2O3. The van der Waals surface area contributed by atoms with Gasteiger partial charge < -0.3 is 15.4 Å². The van der Waals surface area contributed by atoms with E-state index in [1.54, 1.807) is 31.2 Å². The van der Waals surface area contributed by atoms with Crippen molar-refractivity contribution in [3.8, 4) is 5.75 Å². The Morgan fingerprint density at radius 1 is 0.920 bits per heavy atom. The van der Waals surface area contributed by atoms with Gasteiger partial charge in [0.15, 0.2) is 6.10 Å². The lowest BCUT2D eigenvalue weighted by molar-refractivity contribution is -0.122. The van der Waals surface area contributed by atoms with Crippen molar-refractivity contribution in [2.75, 3.05) is 10.6 Å². The van der Waals surface area contributed by atoms with E-state index < -0.39 is 6.10 Å². The molecule has 132 valence electrons. The Bertz CT molecular complexity index is 739. The summed E-state index contributed by atoms with van der Waals surface area (Å²) in [6.07, 6.45) is -0.644. The molecule has 0 bridgehead atoms. The van der Waals surface area contributed by atoms with Crippen molar-refractivity contribution in [2.24, 2.45) is 0 Å². The molecular weight excluding hydrogens is 316 g/mol. The average molecular weight is 340 g/mol. The van der Waals surface area contributed by atoms with Gasteiger partial charge >= 0.3 is 0 Å². The number of benzene rings is 2. The van der Waals surface area contributed by atoms with Crippen LogP contribution in [0, 0.1) is 0 Å². The van der Waals surface area contributed by atoms with Gasteiger partial charge in [0.05, 0.1) is 0 Å². The van der Waals surface area contributed by atoms with E-state index in [1.807, 2.05) is 24.3 Å². The van der Waals surface area contributed by atoms with Crippen LogP contribution in [0.4, 0.5) is 11.4 Å². The highest BCUT2D eigenvalue weighted by atomic mass is 16.5. The van der Waals surface area contributed by atoms with E-state index >= 15 is 0 Å². The van der Waals surface area contributed by atoms with E-state index in [-0.39, 0.29) is 11.8 Å². The lowest BCUT2D eigenvalue weighted by atomic mass is 10.0. The number of nitrogens with one attached hydrogen (secondary N) is 2. The number of carbonyl (C=O) groups is 2. The summed E-state index contributed by atoms with van der Waals surface area (Å²) >= 11 is 0. The molecule has 2 rings (SSSR count). The minimum atomic E-state index is -0.644. The maximum absolute atomic E-state index is 12.3. The summed E-state index contributed by atoms with van der Waals surface area (Å²) in [7, 11) is 0. The second-order valence-corrected chi connectivity index (χ2v) is 6.24. The zero-order chi connectivity index (χ0) is 18.4. The molecule has 2 N–H and O–H groups in total. The standard InChI is InChI=1S/C20H24N2O3/c1-13(2)16-8-10-19(11-9-16)25-14(3)20(24)22-18-7-5-6-17(12-18)21-15(4)23/h5-14H,1-4H3,(H,21,23)(H,22,24)/t14-/m1/s1. The largest absolute Gasteiger partial charge is 0.481 e. The van der Waals surface area contributed by atoms with Crippen molar-refractivity contribution in [3.05, 3.63) is 54.1 Å². The Kier molecular flexibility index (Phi) is 6.17. The first-order chi connectivity index (χ1) is 11.8. The van der Waals surface area contributed by atoms with Crippen LogP contribution in [-0.4, -0.2) is 17.9 Å². The molecule has 0 unspecified atom stereocenters. The highest BCUT2D eigenvalue weighted by molar-refractivity contribution is 5.95. The third-order valence-corrected chi connectivity index (χ3v) is 3.68. The summed E-state index contributed by atoms with van der Waals surface area (Å²) in [4.78, 5) is 23.4. The van der Waals surface area contributed by atoms with Gasteiger partial charge in [-0.25, -0.2) is 0 Å². The Hall–Kier alpha value is -2.82. The van der Waals surface area contributed by atoms with Crippen LogP contribution in [-0.2, 0) is 9.59 Å². The predicted molar refractivity (Wildman–Crippen MR) is 100.0 cm³/mol. The molecule has 0 spiro atoms. The van der Waals surface area contributed by atoms with Gasteiger partial charge in [0.25, 0.3) is 5.91 Å². The van der Waals surface area contributed by atoms with Gasteiger partial charge in [-0.1, -0.05) is 32.0 Å². The van der Waals surface area contributed by atoms with Crippen LogP contribution >= 0.6 is 0 Å². The molecule has 0 saturated heterocycles. The zero-order valence-corrected chi connectivity index (χ0v) is 15.0. The molecule has 2 aromatic carbocycles. The van der Waals surface area contributed by atoms with E-state index in [9.17, 15) is 9.59 Å². The number of hydrogen-bond acceptors (Lipinski definition) is 3. The van der Waals surface area contributed by atoms with Crippen molar-refractivity contribution in [2.45, 2.75) is 39.7 Å². The van der Waals surface area contributed by atoms with Crippen molar-refractivity contribution in [1.29, 1.82) is 0 Å². The first-order valence-electron chi connectivity index (χ1n) is 8.30. The minimum absolute atomic E-state index is 0.162. The summed E-state index contributed by atoms with van der Waals surface area (Å²) in [6, 6.07) is 14.7. The number of amides is 2. The van der Waals surface area contributed by atoms with Crippen LogP contribution in [0.5, 0.6) is 5.75 Å². The fourth-order valence-corrected chi connectivity index (χ4v) is 2.31. The molecule has 0 radical (unpaired) electrons.